The van der Waals surface area contributed by atoms with Crippen LogP contribution in [-0.2, 0) is 12.7 Å². The Morgan fingerprint density at radius 2 is 2.06 bits per heavy atom. The van der Waals surface area contributed by atoms with Crippen molar-refractivity contribution >= 4 is 22.8 Å². The third kappa shape index (κ3) is 3.35. The number of methoxy groups -OCH3 is 1. The fourth-order valence-corrected chi connectivity index (χ4v) is 4.03. The first-order valence-corrected chi connectivity index (χ1v) is 9.84. The number of amides is 2. The lowest BCUT2D eigenvalue weighted by Crippen LogP contribution is -2.49. The van der Waals surface area contributed by atoms with E-state index in [9.17, 15) is 18.0 Å². The molecule has 0 fully saturated rings. The molecule has 0 bridgehead atoms. The van der Waals surface area contributed by atoms with Crippen LogP contribution in [0.2, 0.25) is 0 Å². The number of anilines is 1. The van der Waals surface area contributed by atoms with Gasteiger partial charge in [-0.15, -0.1) is 0 Å². The summed E-state index contributed by atoms with van der Waals surface area (Å²) in [5.41, 5.74) is 2.53. The number of urea groups is 1. The number of carbonyl (C=O) groups excluding carboxylic acids is 1. The molecule has 2 aromatic heterocycles. The average Bonchev–Trinajstić information content (AvgIpc) is 3.10. The number of rotatable bonds is 3. The molecule has 1 atom stereocenters. The minimum Gasteiger partial charge on any atom is -0.496 e. The van der Waals surface area contributed by atoms with Gasteiger partial charge in [0.15, 0.2) is 0 Å². The molecule has 3 heterocycles. The van der Waals surface area contributed by atoms with E-state index in [1.807, 2.05) is 13.0 Å². The van der Waals surface area contributed by atoms with Crippen molar-refractivity contribution in [3.8, 4) is 17.0 Å². The number of nitrogens with one attached hydrogen (secondary N) is 1. The monoisotopic (exact) mass is 433 g/mol. The number of ether oxygens (including phenoxy) is 1. The Kier molecular flexibility index (Phi) is 5.03. The van der Waals surface area contributed by atoms with Crippen molar-refractivity contribution < 1.29 is 22.7 Å². The van der Waals surface area contributed by atoms with Crippen LogP contribution >= 0.6 is 0 Å². The molecule has 0 saturated carbocycles. The number of nitrogens with zero attached hydrogens (tertiary/aromatic N) is 4. The van der Waals surface area contributed by atoms with Crippen LogP contribution in [0.3, 0.4) is 0 Å². The number of aromatic nitrogens is 3. The summed E-state index contributed by atoms with van der Waals surface area (Å²) < 4.78 is 46.5. The van der Waals surface area contributed by atoms with Crippen LogP contribution in [0.25, 0.3) is 22.3 Å². The van der Waals surface area contributed by atoms with E-state index < -0.39 is 11.7 Å². The first-order chi connectivity index (χ1) is 14.7. The molecule has 0 radical (unpaired) electrons. The van der Waals surface area contributed by atoms with Gasteiger partial charge in [0.25, 0.3) is 0 Å². The molecule has 0 aliphatic carbocycles. The van der Waals surface area contributed by atoms with Gasteiger partial charge in [0.05, 0.1) is 30.9 Å². The van der Waals surface area contributed by atoms with Gasteiger partial charge in [0.2, 0.25) is 0 Å². The van der Waals surface area contributed by atoms with Gasteiger partial charge in [-0.2, -0.15) is 18.3 Å². The Morgan fingerprint density at radius 1 is 1.32 bits per heavy atom. The van der Waals surface area contributed by atoms with Crippen LogP contribution < -0.4 is 15.0 Å². The molecule has 164 valence electrons. The molecule has 1 aromatic carbocycles. The highest BCUT2D eigenvalue weighted by molar-refractivity contribution is 6.05. The van der Waals surface area contributed by atoms with Crippen LogP contribution in [0.1, 0.15) is 24.6 Å². The van der Waals surface area contributed by atoms with Gasteiger partial charge in [0.1, 0.15) is 22.5 Å². The number of halogens is 3. The van der Waals surface area contributed by atoms with Crippen molar-refractivity contribution in [2.24, 2.45) is 0 Å². The molecule has 0 saturated heterocycles. The highest BCUT2D eigenvalue weighted by Gasteiger charge is 2.35. The number of aryl methyl sites for hydroxylation is 1. The molecule has 1 N–H and O–H groups in total. The lowest BCUT2D eigenvalue weighted by molar-refractivity contribution is -0.137. The normalized spacial score (nSPS) is 16.0. The number of pyridine rings is 1. The largest absolute Gasteiger partial charge is 0.496 e. The number of hydrogen-bond acceptors (Lipinski definition) is 4. The second kappa shape index (κ2) is 7.44. The molecule has 3 aromatic rings. The van der Waals surface area contributed by atoms with Gasteiger partial charge in [0, 0.05) is 18.3 Å². The lowest BCUT2D eigenvalue weighted by atomic mass is 10.0. The summed E-state index contributed by atoms with van der Waals surface area (Å²) >= 11 is 0. The van der Waals surface area contributed by atoms with Crippen molar-refractivity contribution in [2.45, 2.75) is 39.0 Å². The smallest absolute Gasteiger partial charge is 0.416 e. The summed E-state index contributed by atoms with van der Waals surface area (Å²) in [5, 5.41) is 7.36. The SMILES string of the molecule is CCC1Cn2nc(-c3ccc(C(F)(F)F)cc3OC)c3nc(C)cc(c32)N1C(=O)NC. The molecule has 0 spiro atoms. The highest BCUT2D eigenvalue weighted by Crippen LogP contribution is 2.42. The third-order valence-corrected chi connectivity index (χ3v) is 5.50. The molecule has 31 heavy (non-hydrogen) atoms. The first-order valence-electron chi connectivity index (χ1n) is 9.84. The Morgan fingerprint density at radius 3 is 2.68 bits per heavy atom. The predicted molar refractivity (Wildman–Crippen MR) is 110 cm³/mol. The van der Waals surface area contributed by atoms with E-state index in [1.54, 1.807) is 23.6 Å². The van der Waals surface area contributed by atoms with Crippen LogP contribution in [0, 0.1) is 6.92 Å². The zero-order valence-electron chi connectivity index (χ0n) is 17.5. The Hall–Kier alpha value is -3.30. The molecule has 1 aliphatic heterocycles. The predicted octanol–water partition coefficient (Wildman–Crippen LogP) is 4.37. The molecule has 2 amide bonds. The first kappa shape index (κ1) is 21.0. The molecule has 10 heteroatoms. The number of benzene rings is 1. The minimum atomic E-state index is -4.49. The summed E-state index contributed by atoms with van der Waals surface area (Å²) in [4.78, 5) is 19.0. The summed E-state index contributed by atoms with van der Waals surface area (Å²) in [6.45, 7) is 4.24. The van der Waals surface area contributed by atoms with Gasteiger partial charge in [-0.3, -0.25) is 9.58 Å². The van der Waals surface area contributed by atoms with Crippen LogP contribution in [0.15, 0.2) is 24.3 Å². The van der Waals surface area contributed by atoms with Crippen LogP contribution in [0.4, 0.5) is 23.7 Å². The Balaban J connectivity index is 1.97. The molecule has 1 unspecified atom stereocenters. The van der Waals surface area contributed by atoms with Gasteiger partial charge in [-0.05, 0) is 37.6 Å². The quantitative estimate of drug-likeness (QED) is 0.666. The summed E-state index contributed by atoms with van der Waals surface area (Å²) in [6.07, 6.45) is -3.78. The molecule has 1 aliphatic rings. The summed E-state index contributed by atoms with van der Waals surface area (Å²) in [6, 6.07) is 4.78. The van der Waals surface area contributed by atoms with Crippen molar-refractivity contribution in [2.75, 3.05) is 19.1 Å². The van der Waals surface area contributed by atoms with E-state index in [2.05, 4.69) is 15.4 Å². The Bertz CT molecular complexity index is 1170. The second-order valence-electron chi connectivity index (χ2n) is 7.41. The third-order valence-electron chi connectivity index (χ3n) is 5.50. The van der Waals surface area contributed by atoms with E-state index >= 15 is 0 Å². The summed E-state index contributed by atoms with van der Waals surface area (Å²) in [7, 11) is 2.89. The van der Waals surface area contributed by atoms with Crippen molar-refractivity contribution in [3.05, 3.63) is 35.5 Å². The Labute approximate surface area is 176 Å². The fraction of sp³-hybridized carbons (Fsp3) is 0.381. The lowest BCUT2D eigenvalue weighted by Gasteiger charge is -2.35. The van der Waals surface area contributed by atoms with E-state index in [1.165, 1.54) is 13.2 Å². The summed E-state index contributed by atoms with van der Waals surface area (Å²) in [5.74, 6) is 0.0562. The van der Waals surface area contributed by atoms with Gasteiger partial charge < -0.3 is 10.1 Å². The number of alkyl halides is 3. The zero-order valence-corrected chi connectivity index (χ0v) is 17.5. The van der Waals surface area contributed by atoms with E-state index in [0.29, 0.717) is 46.6 Å². The maximum absolute atomic E-state index is 13.2. The zero-order chi connectivity index (χ0) is 22.5. The molecule has 7 nitrogen and oxygen atoms in total. The van der Waals surface area contributed by atoms with Crippen LogP contribution in [-0.4, -0.2) is 41.0 Å². The second-order valence-corrected chi connectivity index (χ2v) is 7.41. The van der Waals surface area contributed by atoms with E-state index in [0.717, 1.165) is 12.1 Å². The number of hydrogen-bond donors (Lipinski definition) is 1. The van der Waals surface area contributed by atoms with E-state index in [-0.39, 0.29) is 17.8 Å². The minimum absolute atomic E-state index is 0.0562. The maximum Gasteiger partial charge on any atom is 0.416 e. The molecule has 4 rings (SSSR count). The number of carbonyl (C=O) groups is 1. The fourth-order valence-electron chi connectivity index (χ4n) is 4.03. The maximum atomic E-state index is 13.2. The highest BCUT2D eigenvalue weighted by atomic mass is 19.4. The van der Waals surface area contributed by atoms with Crippen molar-refractivity contribution in [3.63, 3.8) is 0 Å². The molecular formula is C21H22F3N5O2. The van der Waals surface area contributed by atoms with Gasteiger partial charge in [-0.1, -0.05) is 6.92 Å². The van der Waals surface area contributed by atoms with Crippen molar-refractivity contribution in [1.29, 1.82) is 0 Å². The van der Waals surface area contributed by atoms with E-state index in [4.69, 9.17) is 4.74 Å². The van der Waals surface area contributed by atoms with Crippen molar-refractivity contribution in [1.82, 2.24) is 20.1 Å². The van der Waals surface area contributed by atoms with Crippen LogP contribution in [0.5, 0.6) is 5.75 Å². The molecular weight excluding hydrogens is 411 g/mol. The standard InChI is InChI=1S/C21H22F3N5O2/c1-5-13-10-28-19-15(29(13)20(30)25-3)8-11(2)26-18(19)17(27-28)14-7-6-12(21(22,23)24)9-16(14)31-4/h6-9,13H,5,10H2,1-4H3,(H,25,30). The van der Waals surface area contributed by atoms with Gasteiger partial charge >= 0.3 is 12.2 Å². The average molecular weight is 433 g/mol. The van der Waals surface area contributed by atoms with Gasteiger partial charge in [-0.25, -0.2) is 9.78 Å². The topological polar surface area (TPSA) is 72.3 Å².